The highest BCUT2D eigenvalue weighted by atomic mass is 35.5. The van der Waals surface area contributed by atoms with E-state index in [4.69, 9.17) is 22.1 Å². The molecule has 1 unspecified atom stereocenters. The van der Waals surface area contributed by atoms with Crippen LogP contribution in [0.5, 0.6) is 5.75 Å². The van der Waals surface area contributed by atoms with Crippen LogP contribution in [0, 0.1) is 5.92 Å². The van der Waals surface area contributed by atoms with E-state index in [0.717, 1.165) is 42.5 Å². The van der Waals surface area contributed by atoms with Crippen LogP contribution in [0.15, 0.2) is 18.2 Å². The summed E-state index contributed by atoms with van der Waals surface area (Å²) in [7, 11) is 1.69. The summed E-state index contributed by atoms with van der Waals surface area (Å²) in [4.78, 5) is 2.41. The Labute approximate surface area is 107 Å². The highest BCUT2D eigenvalue weighted by Gasteiger charge is 2.21. The van der Waals surface area contributed by atoms with Crippen LogP contribution >= 0.6 is 11.6 Å². The van der Waals surface area contributed by atoms with Crippen molar-refractivity contribution in [1.82, 2.24) is 4.90 Å². The highest BCUT2D eigenvalue weighted by Crippen LogP contribution is 2.26. The third-order valence-electron chi connectivity index (χ3n) is 3.34. The van der Waals surface area contributed by atoms with Gasteiger partial charge in [-0.05, 0) is 43.6 Å². The molecule has 94 valence electrons. The highest BCUT2D eigenvalue weighted by molar-refractivity contribution is 6.30. The van der Waals surface area contributed by atoms with Crippen molar-refractivity contribution in [3.63, 3.8) is 0 Å². The maximum absolute atomic E-state index is 6.02. The van der Waals surface area contributed by atoms with Crippen LogP contribution in [-0.4, -0.2) is 31.6 Å². The van der Waals surface area contributed by atoms with Crippen molar-refractivity contribution < 1.29 is 4.74 Å². The van der Waals surface area contributed by atoms with Crippen molar-refractivity contribution in [3.05, 3.63) is 28.8 Å². The molecule has 1 saturated heterocycles. The predicted octanol–water partition coefficient (Wildman–Crippen LogP) is 2.13. The number of nitrogens with zero attached hydrogens (tertiary/aromatic N) is 1. The lowest BCUT2D eigenvalue weighted by Crippen LogP contribution is -2.23. The zero-order valence-corrected chi connectivity index (χ0v) is 10.9. The molecular formula is C13H19ClN2O. The Morgan fingerprint density at radius 2 is 2.35 bits per heavy atom. The average molecular weight is 255 g/mol. The number of hydrogen-bond acceptors (Lipinski definition) is 3. The molecule has 0 spiro atoms. The van der Waals surface area contributed by atoms with Crippen molar-refractivity contribution >= 4 is 11.6 Å². The Hall–Kier alpha value is -0.770. The summed E-state index contributed by atoms with van der Waals surface area (Å²) in [5.41, 5.74) is 6.85. The van der Waals surface area contributed by atoms with E-state index in [-0.39, 0.29) is 0 Å². The van der Waals surface area contributed by atoms with Crippen molar-refractivity contribution in [1.29, 1.82) is 0 Å². The SMILES string of the molecule is COc1ccc(Cl)cc1CN1CCC(CN)C1. The van der Waals surface area contributed by atoms with Gasteiger partial charge in [0.2, 0.25) is 0 Å². The molecule has 1 aromatic rings. The number of rotatable bonds is 4. The van der Waals surface area contributed by atoms with Gasteiger partial charge in [-0.1, -0.05) is 11.6 Å². The smallest absolute Gasteiger partial charge is 0.123 e. The minimum atomic E-state index is 0.639. The average Bonchev–Trinajstić information content (AvgIpc) is 2.77. The van der Waals surface area contributed by atoms with Gasteiger partial charge in [0.05, 0.1) is 7.11 Å². The summed E-state index contributed by atoms with van der Waals surface area (Å²) in [5.74, 6) is 1.55. The molecule has 1 fully saturated rings. The van der Waals surface area contributed by atoms with Crippen molar-refractivity contribution in [2.24, 2.45) is 11.7 Å². The first kappa shape index (κ1) is 12.7. The number of halogens is 1. The summed E-state index contributed by atoms with van der Waals surface area (Å²) in [6.45, 7) is 3.85. The summed E-state index contributed by atoms with van der Waals surface area (Å²) in [5, 5.41) is 0.760. The number of nitrogens with two attached hydrogens (primary N) is 1. The van der Waals surface area contributed by atoms with Crippen molar-refractivity contribution in [2.75, 3.05) is 26.7 Å². The van der Waals surface area contributed by atoms with Gasteiger partial charge in [0, 0.05) is 23.7 Å². The normalized spacial score (nSPS) is 20.8. The van der Waals surface area contributed by atoms with Gasteiger partial charge in [0.1, 0.15) is 5.75 Å². The van der Waals surface area contributed by atoms with E-state index < -0.39 is 0 Å². The molecule has 0 aliphatic carbocycles. The maximum atomic E-state index is 6.02. The second kappa shape index (κ2) is 5.71. The van der Waals surface area contributed by atoms with E-state index in [9.17, 15) is 0 Å². The summed E-state index contributed by atoms with van der Waals surface area (Å²) < 4.78 is 5.35. The molecule has 0 amide bonds. The molecule has 0 aromatic heterocycles. The summed E-state index contributed by atoms with van der Waals surface area (Å²) in [6.07, 6.45) is 1.19. The first-order valence-electron chi connectivity index (χ1n) is 5.97. The van der Waals surface area contributed by atoms with E-state index in [0.29, 0.717) is 5.92 Å². The van der Waals surface area contributed by atoms with E-state index in [1.807, 2.05) is 18.2 Å². The molecule has 0 radical (unpaired) electrons. The second-order valence-electron chi connectivity index (χ2n) is 4.58. The minimum Gasteiger partial charge on any atom is -0.496 e. The van der Waals surface area contributed by atoms with Crippen LogP contribution in [-0.2, 0) is 6.54 Å². The first-order chi connectivity index (χ1) is 8.22. The Bertz CT molecular complexity index is 384. The molecule has 0 saturated carbocycles. The van der Waals surface area contributed by atoms with Gasteiger partial charge in [0.15, 0.2) is 0 Å². The fraction of sp³-hybridized carbons (Fsp3) is 0.538. The van der Waals surface area contributed by atoms with E-state index in [1.165, 1.54) is 6.42 Å². The maximum Gasteiger partial charge on any atom is 0.123 e. The fourth-order valence-electron chi connectivity index (χ4n) is 2.36. The van der Waals surface area contributed by atoms with Crippen molar-refractivity contribution in [3.8, 4) is 5.75 Å². The number of benzene rings is 1. The largest absolute Gasteiger partial charge is 0.496 e. The van der Waals surface area contributed by atoms with Gasteiger partial charge in [-0.3, -0.25) is 4.90 Å². The second-order valence-corrected chi connectivity index (χ2v) is 5.02. The number of likely N-dealkylation sites (tertiary alicyclic amines) is 1. The molecule has 2 N–H and O–H groups in total. The van der Waals surface area contributed by atoms with E-state index in [2.05, 4.69) is 4.90 Å². The lowest BCUT2D eigenvalue weighted by Gasteiger charge is -2.17. The molecule has 17 heavy (non-hydrogen) atoms. The molecule has 1 heterocycles. The van der Waals surface area contributed by atoms with Crippen LogP contribution in [0.25, 0.3) is 0 Å². The Kier molecular flexibility index (Phi) is 4.26. The van der Waals surface area contributed by atoms with Gasteiger partial charge in [-0.2, -0.15) is 0 Å². The van der Waals surface area contributed by atoms with Gasteiger partial charge in [-0.25, -0.2) is 0 Å². The topological polar surface area (TPSA) is 38.5 Å². The number of hydrogen-bond donors (Lipinski definition) is 1. The monoisotopic (exact) mass is 254 g/mol. The lowest BCUT2D eigenvalue weighted by molar-refractivity contribution is 0.309. The van der Waals surface area contributed by atoms with Gasteiger partial charge >= 0.3 is 0 Å². The summed E-state index contributed by atoms with van der Waals surface area (Å²) in [6, 6.07) is 5.76. The molecule has 1 aliphatic heterocycles. The molecule has 0 bridgehead atoms. The molecule has 1 aliphatic rings. The predicted molar refractivity (Wildman–Crippen MR) is 70.4 cm³/mol. The van der Waals surface area contributed by atoms with E-state index >= 15 is 0 Å². The molecule has 2 rings (SSSR count). The van der Waals surface area contributed by atoms with Crippen LogP contribution in [0.2, 0.25) is 5.02 Å². The Morgan fingerprint density at radius 3 is 3.00 bits per heavy atom. The van der Waals surface area contributed by atoms with Gasteiger partial charge in [-0.15, -0.1) is 0 Å². The quantitative estimate of drug-likeness (QED) is 0.895. The molecule has 4 heteroatoms. The number of methoxy groups -OCH3 is 1. The van der Waals surface area contributed by atoms with Crippen LogP contribution in [0.1, 0.15) is 12.0 Å². The van der Waals surface area contributed by atoms with Gasteiger partial charge in [0.25, 0.3) is 0 Å². The van der Waals surface area contributed by atoms with Crippen LogP contribution in [0.3, 0.4) is 0 Å². The first-order valence-corrected chi connectivity index (χ1v) is 6.35. The third-order valence-corrected chi connectivity index (χ3v) is 3.57. The molecular weight excluding hydrogens is 236 g/mol. The van der Waals surface area contributed by atoms with Crippen LogP contribution in [0.4, 0.5) is 0 Å². The fourth-order valence-corrected chi connectivity index (χ4v) is 2.56. The van der Waals surface area contributed by atoms with Crippen molar-refractivity contribution in [2.45, 2.75) is 13.0 Å². The Morgan fingerprint density at radius 1 is 1.53 bits per heavy atom. The molecule has 1 atom stereocenters. The Balaban J connectivity index is 2.05. The van der Waals surface area contributed by atoms with E-state index in [1.54, 1.807) is 7.11 Å². The zero-order valence-electron chi connectivity index (χ0n) is 10.2. The van der Waals surface area contributed by atoms with Gasteiger partial charge < -0.3 is 10.5 Å². The number of ether oxygens (including phenoxy) is 1. The van der Waals surface area contributed by atoms with Crippen LogP contribution < -0.4 is 10.5 Å². The standard InChI is InChI=1S/C13H19ClN2O/c1-17-13-3-2-12(14)6-11(13)9-16-5-4-10(7-15)8-16/h2-3,6,10H,4-5,7-9,15H2,1H3. The zero-order chi connectivity index (χ0) is 12.3. The third kappa shape index (κ3) is 3.12. The molecule has 1 aromatic carbocycles. The minimum absolute atomic E-state index is 0.639. The molecule has 3 nitrogen and oxygen atoms in total. The lowest BCUT2D eigenvalue weighted by atomic mass is 10.1. The summed E-state index contributed by atoms with van der Waals surface area (Å²) >= 11 is 6.02.